The summed E-state index contributed by atoms with van der Waals surface area (Å²) in [4.78, 5) is 62.5. The molecule has 0 aromatic carbocycles. The van der Waals surface area contributed by atoms with Gasteiger partial charge in [-0.25, -0.2) is 4.79 Å². The molecule has 5 N–H and O–H groups in total. The minimum atomic E-state index is -1.14. The Morgan fingerprint density at radius 1 is 1.00 bits per heavy atom. The Morgan fingerprint density at radius 3 is 2.25 bits per heavy atom. The lowest BCUT2D eigenvalue weighted by molar-refractivity contribution is -0.145. The maximum absolute atomic E-state index is 13.2. The maximum atomic E-state index is 13.2. The summed E-state index contributed by atoms with van der Waals surface area (Å²) in [5.41, 5.74) is 0. The highest BCUT2D eigenvalue weighted by Crippen LogP contribution is 2.21. The predicted molar refractivity (Wildman–Crippen MR) is 114 cm³/mol. The largest absolute Gasteiger partial charge is 0.481 e. The topological polar surface area (TPSA) is 165 Å². The Balaban J connectivity index is 2.10. The highest BCUT2D eigenvalue weighted by atomic mass is 16.4. The molecule has 0 radical (unpaired) electrons. The van der Waals surface area contributed by atoms with Gasteiger partial charge in [0.2, 0.25) is 17.7 Å². The summed E-state index contributed by atoms with van der Waals surface area (Å²) < 4.78 is 0. The molecule has 0 aromatic rings. The molecule has 180 valence electrons. The van der Waals surface area contributed by atoms with Crippen LogP contribution in [0.5, 0.6) is 0 Å². The fraction of sp³-hybridized carbons (Fsp3) is 0.762. The van der Waals surface area contributed by atoms with E-state index in [2.05, 4.69) is 16.0 Å². The monoisotopic (exact) mass is 454 g/mol. The second-order valence-electron chi connectivity index (χ2n) is 8.86. The van der Waals surface area contributed by atoms with Gasteiger partial charge in [-0.3, -0.25) is 19.2 Å². The Bertz CT molecular complexity index is 721. The van der Waals surface area contributed by atoms with Crippen molar-refractivity contribution in [3.05, 3.63) is 0 Å². The number of carbonyl (C=O) groups excluding carboxylic acids is 3. The summed E-state index contributed by atoms with van der Waals surface area (Å²) in [6.07, 6.45) is 2.24. The summed E-state index contributed by atoms with van der Waals surface area (Å²) in [6, 6.07) is -3.41. The molecule has 2 rings (SSSR count). The van der Waals surface area contributed by atoms with Crippen LogP contribution >= 0.6 is 0 Å². The SMILES string of the molecule is CC(C)CC(NC(=O)C1CCCN1C(=O)C(CCC(=O)O)NC(=O)C1CCCN1)C(=O)O. The first-order chi connectivity index (χ1) is 15.1. The van der Waals surface area contributed by atoms with E-state index < -0.39 is 47.9 Å². The molecular formula is C21H34N4O7. The van der Waals surface area contributed by atoms with Crippen molar-refractivity contribution in [2.24, 2.45) is 5.92 Å². The maximum Gasteiger partial charge on any atom is 0.326 e. The zero-order valence-electron chi connectivity index (χ0n) is 18.6. The van der Waals surface area contributed by atoms with Gasteiger partial charge in [-0.15, -0.1) is 0 Å². The van der Waals surface area contributed by atoms with Gasteiger partial charge in [0, 0.05) is 13.0 Å². The molecule has 0 aromatic heterocycles. The van der Waals surface area contributed by atoms with Crippen LogP contribution in [0.1, 0.15) is 58.8 Å². The Kier molecular flexibility index (Phi) is 9.42. The van der Waals surface area contributed by atoms with Crippen LogP contribution in [0.2, 0.25) is 0 Å². The van der Waals surface area contributed by atoms with Crippen molar-refractivity contribution in [2.75, 3.05) is 13.1 Å². The molecule has 11 nitrogen and oxygen atoms in total. The van der Waals surface area contributed by atoms with Crippen molar-refractivity contribution >= 4 is 29.7 Å². The van der Waals surface area contributed by atoms with E-state index in [0.29, 0.717) is 25.8 Å². The third-order valence-electron chi connectivity index (χ3n) is 5.80. The number of nitrogens with one attached hydrogen (secondary N) is 3. The molecule has 11 heteroatoms. The minimum Gasteiger partial charge on any atom is -0.481 e. The lowest BCUT2D eigenvalue weighted by Gasteiger charge is -2.30. The molecule has 0 spiro atoms. The van der Waals surface area contributed by atoms with Crippen LogP contribution in [0.3, 0.4) is 0 Å². The number of aliphatic carboxylic acids is 2. The van der Waals surface area contributed by atoms with E-state index in [9.17, 15) is 29.1 Å². The number of nitrogens with zero attached hydrogens (tertiary/aromatic N) is 1. The lowest BCUT2D eigenvalue weighted by atomic mass is 10.0. The third-order valence-corrected chi connectivity index (χ3v) is 5.80. The first kappa shape index (κ1) is 25.6. The summed E-state index contributed by atoms with van der Waals surface area (Å²) in [7, 11) is 0. The highest BCUT2D eigenvalue weighted by Gasteiger charge is 2.39. The molecule has 4 unspecified atom stereocenters. The predicted octanol–water partition coefficient (Wildman–Crippen LogP) is -0.305. The van der Waals surface area contributed by atoms with Crippen molar-refractivity contribution < 1.29 is 34.2 Å². The smallest absolute Gasteiger partial charge is 0.326 e. The van der Waals surface area contributed by atoms with Crippen LogP contribution in [0.15, 0.2) is 0 Å². The van der Waals surface area contributed by atoms with E-state index in [1.807, 2.05) is 13.8 Å². The molecular weight excluding hydrogens is 420 g/mol. The average molecular weight is 455 g/mol. The van der Waals surface area contributed by atoms with Gasteiger partial charge in [0.25, 0.3) is 0 Å². The van der Waals surface area contributed by atoms with Crippen molar-refractivity contribution in [1.82, 2.24) is 20.9 Å². The molecule has 0 aliphatic carbocycles. The Labute approximate surface area is 187 Å². The lowest BCUT2D eigenvalue weighted by Crippen LogP contribution is -2.56. The van der Waals surface area contributed by atoms with Crippen molar-refractivity contribution in [2.45, 2.75) is 83.0 Å². The fourth-order valence-corrected chi connectivity index (χ4v) is 4.17. The molecule has 3 amide bonds. The molecule has 32 heavy (non-hydrogen) atoms. The number of carboxylic acids is 2. The fourth-order valence-electron chi connectivity index (χ4n) is 4.17. The molecule has 2 aliphatic heterocycles. The number of carboxylic acid groups (broad SMARTS) is 2. The number of hydrogen-bond acceptors (Lipinski definition) is 6. The van der Waals surface area contributed by atoms with Crippen molar-refractivity contribution in [3.63, 3.8) is 0 Å². The zero-order valence-corrected chi connectivity index (χ0v) is 18.6. The number of carbonyl (C=O) groups is 5. The standard InChI is InChI=1S/C21H34N4O7/c1-12(2)11-15(21(31)32)24-19(29)16-6-4-10-25(16)20(30)14(7-8-17(26)27)23-18(28)13-5-3-9-22-13/h12-16,22H,3-11H2,1-2H3,(H,23,28)(H,24,29)(H,26,27)(H,31,32). The number of likely N-dealkylation sites (tertiary alicyclic amines) is 1. The van der Waals surface area contributed by atoms with Crippen LogP contribution in [-0.4, -0.2) is 82.0 Å². The first-order valence-electron chi connectivity index (χ1n) is 11.2. The van der Waals surface area contributed by atoms with Crippen LogP contribution in [0.25, 0.3) is 0 Å². The van der Waals surface area contributed by atoms with Crippen LogP contribution < -0.4 is 16.0 Å². The Morgan fingerprint density at radius 2 is 1.69 bits per heavy atom. The zero-order chi connectivity index (χ0) is 23.8. The van der Waals surface area contributed by atoms with E-state index in [1.54, 1.807) is 0 Å². The normalized spacial score (nSPS) is 22.4. The van der Waals surface area contributed by atoms with E-state index in [-0.39, 0.29) is 37.6 Å². The van der Waals surface area contributed by atoms with Crippen LogP contribution in [0, 0.1) is 5.92 Å². The summed E-state index contributed by atoms with van der Waals surface area (Å²) in [5.74, 6) is -3.62. The van der Waals surface area contributed by atoms with Gasteiger partial charge in [-0.05, 0) is 51.0 Å². The summed E-state index contributed by atoms with van der Waals surface area (Å²) >= 11 is 0. The number of amides is 3. The molecule has 0 saturated carbocycles. The molecule has 2 fully saturated rings. The van der Waals surface area contributed by atoms with E-state index in [4.69, 9.17) is 5.11 Å². The summed E-state index contributed by atoms with van der Waals surface area (Å²) in [5, 5.41) is 26.7. The van der Waals surface area contributed by atoms with E-state index in [1.165, 1.54) is 4.90 Å². The minimum absolute atomic E-state index is 0.0533. The van der Waals surface area contributed by atoms with Crippen LogP contribution in [0.4, 0.5) is 0 Å². The molecule has 2 aliphatic rings. The van der Waals surface area contributed by atoms with E-state index in [0.717, 1.165) is 6.42 Å². The highest BCUT2D eigenvalue weighted by molar-refractivity contribution is 5.94. The van der Waals surface area contributed by atoms with Gasteiger partial charge in [0.1, 0.15) is 18.1 Å². The van der Waals surface area contributed by atoms with Gasteiger partial charge in [0.05, 0.1) is 6.04 Å². The van der Waals surface area contributed by atoms with Gasteiger partial charge >= 0.3 is 11.9 Å². The van der Waals surface area contributed by atoms with Gasteiger partial charge < -0.3 is 31.1 Å². The first-order valence-corrected chi connectivity index (χ1v) is 11.2. The average Bonchev–Trinajstić information content (AvgIpc) is 3.41. The second kappa shape index (κ2) is 11.8. The number of hydrogen-bond donors (Lipinski definition) is 5. The van der Waals surface area contributed by atoms with Crippen molar-refractivity contribution in [1.29, 1.82) is 0 Å². The molecule has 0 bridgehead atoms. The van der Waals surface area contributed by atoms with Gasteiger partial charge in [0.15, 0.2) is 0 Å². The second-order valence-corrected chi connectivity index (χ2v) is 8.86. The quantitative estimate of drug-likeness (QED) is 0.284. The van der Waals surface area contributed by atoms with Gasteiger partial charge in [-0.1, -0.05) is 13.8 Å². The third kappa shape index (κ3) is 7.18. The summed E-state index contributed by atoms with van der Waals surface area (Å²) in [6.45, 7) is 4.67. The molecule has 2 heterocycles. The number of rotatable bonds is 11. The van der Waals surface area contributed by atoms with E-state index >= 15 is 0 Å². The van der Waals surface area contributed by atoms with Crippen LogP contribution in [-0.2, 0) is 24.0 Å². The molecule has 2 saturated heterocycles. The Hall–Kier alpha value is -2.69. The molecule has 4 atom stereocenters. The van der Waals surface area contributed by atoms with Gasteiger partial charge in [-0.2, -0.15) is 0 Å². The van der Waals surface area contributed by atoms with Crippen molar-refractivity contribution in [3.8, 4) is 0 Å².